The second kappa shape index (κ2) is 14.2. The van der Waals surface area contributed by atoms with Crippen LogP contribution in [0.4, 0.5) is 4.79 Å². The van der Waals surface area contributed by atoms with E-state index < -0.39 is 30.1 Å². The van der Waals surface area contributed by atoms with Gasteiger partial charge in [0, 0.05) is 11.5 Å². The van der Waals surface area contributed by atoms with Gasteiger partial charge in [-0.25, -0.2) is 9.59 Å². The Morgan fingerprint density at radius 1 is 0.879 bits per heavy atom. The van der Waals surface area contributed by atoms with E-state index in [1.165, 1.54) is 18.9 Å². The molecule has 2 amide bonds. The number of amides is 2. The van der Waals surface area contributed by atoms with Crippen LogP contribution < -0.4 is 10.6 Å². The Labute approximate surface area is 199 Å². The van der Waals surface area contributed by atoms with Gasteiger partial charge in [-0.2, -0.15) is 11.8 Å². The fourth-order valence-corrected chi connectivity index (χ4v) is 4.08. The van der Waals surface area contributed by atoms with E-state index in [2.05, 4.69) is 10.6 Å². The van der Waals surface area contributed by atoms with E-state index >= 15 is 0 Å². The number of hydrogen-bond acceptors (Lipinski definition) is 6. The number of esters is 1. The molecule has 0 bridgehead atoms. The van der Waals surface area contributed by atoms with E-state index in [4.69, 9.17) is 9.47 Å². The summed E-state index contributed by atoms with van der Waals surface area (Å²) in [4.78, 5) is 37.5. The zero-order valence-electron chi connectivity index (χ0n) is 19.3. The van der Waals surface area contributed by atoms with Crippen molar-refractivity contribution < 1.29 is 23.9 Å². The van der Waals surface area contributed by atoms with E-state index in [0.29, 0.717) is 17.9 Å². The van der Waals surface area contributed by atoms with Crippen molar-refractivity contribution in [3.05, 3.63) is 71.8 Å². The second-order valence-electron chi connectivity index (χ2n) is 7.97. The average molecular weight is 473 g/mol. The first-order valence-electron chi connectivity index (χ1n) is 10.9. The standard InChI is InChI=1S/C25H32N2O5S/c1-18(2)14-21(24(29)31-3)26-23(28)22(17-33-16-20-12-8-5-9-13-20)27-25(30)32-15-19-10-6-4-7-11-19/h4-13,18,21-22H,14-17H2,1-3H3,(H,26,28)(H,27,30)/t21-,22?/m1/s1. The first kappa shape index (κ1) is 26.3. The lowest BCUT2D eigenvalue weighted by molar-refractivity contribution is -0.145. The minimum absolute atomic E-state index is 0.0936. The predicted molar refractivity (Wildman–Crippen MR) is 130 cm³/mol. The molecule has 0 heterocycles. The number of hydrogen-bond donors (Lipinski definition) is 2. The summed E-state index contributed by atoms with van der Waals surface area (Å²) in [7, 11) is 1.29. The van der Waals surface area contributed by atoms with Crippen LogP contribution in [0, 0.1) is 5.92 Å². The number of carbonyl (C=O) groups excluding carboxylic acids is 3. The third-order valence-corrected chi connectivity index (χ3v) is 5.83. The summed E-state index contributed by atoms with van der Waals surface area (Å²) in [6.45, 7) is 4.00. The number of ether oxygens (including phenoxy) is 2. The first-order chi connectivity index (χ1) is 15.9. The van der Waals surface area contributed by atoms with Crippen molar-refractivity contribution in [1.82, 2.24) is 10.6 Å². The van der Waals surface area contributed by atoms with Crippen molar-refractivity contribution in [2.45, 2.75) is 44.7 Å². The monoisotopic (exact) mass is 472 g/mol. The molecule has 8 heteroatoms. The van der Waals surface area contributed by atoms with E-state index in [1.54, 1.807) is 0 Å². The fraction of sp³-hybridized carbons (Fsp3) is 0.400. The topological polar surface area (TPSA) is 93.7 Å². The Morgan fingerprint density at radius 2 is 1.48 bits per heavy atom. The molecule has 0 spiro atoms. The van der Waals surface area contributed by atoms with Crippen molar-refractivity contribution in [1.29, 1.82) is 0 Å². The lowest BCUT2D eigenvalue weighted by atomic mass is 10.0. The number of methoxy groups -OCH3 is 1. The molecular weight excluding hydrogens is 440 g/mol. The maximum absolute atomic E-state index is 13.0. The summed E-state index contributed by atoms with van der Waals surface area (Å²) < 4.78 is 10.1. The van der Waals surface area contributed by atoms with E-state index in [1.807, 2.05) is 74.5 Å². The molecule has 0 saturated carbocycles. The van der Waals surface area contributed by atoms with Gasteiger partial charge in [-0.05, 0) is 23.5 Å². The van der Waals surface area contributed by atoms with Gasteiger partial charge >= 0.3 is 12.1 Å². The number of benzene rings is 2. The van der Waals surface area contributed by atoms with Crippen molar-refractivity contribution in [2.24, 2.45) is 5.92 Å². The Bertz CT molecular complexity index is 877. The van der Waals surface area contributed by atoms with Gasteiger partial charge in [0.2, 0.25) is 5.91 Å². The summed E-state index contributed by atoms with van der Waals surface area (Å²) in [5.74, 6) is 0.195. The predicted octanol–water partition coefficient (Wildman–Crippen LogP) is 3.92. The van der Waals surface area contributed by atoms with Crippen molar-refractivity contribution in [3.63, 3.8) is 0 Å². The summed E-state index contributed by atoms with van der Waals surface area (Å²) >= 11 is 1.51. The van der Waals surface area contributed by atoms with Crippen LogP contribution in [0.25, 0.3) is 0 Å². The van der Waals surface area contributed by atoms with Crippen LogP contribution in [0.1, 0.15) is 31.4 Å². The lowest BCUT2D eigenvalue weighted by Crippen LogP contribution is -2.53. The number of nitrogens with one attached hydrogen (secondary N) is 2. The average Bonchev–Trinajstić information content (AvgIpc) is 2.82. The molecule has 0 fully saturated rings. The molecular formula is C25H32N2O5S. The molecule has 33 heavy (non-hydrogen) atoms. The highest BCUT2D eigenvalue weighted by atomic mass is 32.2. The van der Waals surface area contributed by atoms with Crippen LogP contribution in [0.5, 0.6) is 0 Å². The molecule has 1 unspecified atom stereocenters. The molecule has 0 saturated heterocycles. The minimum Gasteiger partial charge on any atom is -0.467 e. The highest BCUT2D eigenvalue weighted by Crippen LogP contribution is 2.14. The zero-order chi connectivity index (χ0) is 24.1. The van der Waals surface area contributed by atoms with Crippen LogP contribution in [0.15, 0.2) is 60.7 Å². The molecule has 0 aliphatic rings. The number of rotatable bonds is 12. The smallest absolute Gasteiger partial charge is 0.408 e. The summed E-state index contributed by atoms with van der Waals surface area (Å²) in [5, 5.41) is 5.37. The summed E-state index contributed by atoms with van der Waals surface area (Å²) in [6, 6.07) is 17.5. The van der Waals surface area contributed by atoms with Crippen LogP contribution in [-0.4, -0.2) is 42.9 Å². The molecule has 0 radical (unpaired) electrons. The van der Waals surface area contributed by atoms with Crippen molar-refractivity contribution in [3.8, 4) is 0 Å². The number of carbonyl (C=O) groups is 3. The first-order valence-corrected chi connectivity index (χ1v) is 12.0. The third-order valence-electron chi connectivity index (χ3n) is 4.73. The zero-order valence-corrected chi connectivity index (χ0v) is 20.1. The van der Waals surface area contributed by atoms with Gasteiger partial charge in [-0.1, -0.05) is 74.5 Å². The maximum Gasteiger partial charge on any atom is 0.408 e. The van der Waals surface area contributed by atoms with Gasteiger partial charge in [-0.15, -0.1) is 0 Å². The van der Waals surface area contributed by atoms with Crippen LogP contribution in [0.2, 0.25) is 0 Å². The van der Waals surface area contributed by atoms with Gasteiger partial charge in [0.25, 0.3) is 0 Å². The normalized spacial score (nSPS) is 12.5. The number of thioether (sulfide) groups is 1. The summed E-state index contributed by atoms with van der Waals surface area (Å²) in [6.07, 6.45) is -0.265. The van der Waals surface area contributed by atoms with Gasteiger partial charge in [0.05, 0.1) is 7.11 Å². The Hall–Kier alpha value is -3.00. The highest BCUT2D eigenvalue weighted by molar-refractivity contribution is 7.98. The number of alkyl carbamates (subject to hydrolysis) is 1. The Kier molecular flexibility index (Phi) is 11.3. The minimum atomic E-state index is -0.874. The lowest BCUT2D eigenvalue weighted by Gasteiger charge is -2.23. The van der Waals surface area contributed by atoms with Crippen LogP contribution >= 0.6 is 11.8 Å². The molecule has 0 aliphatic carbocycles. The molecule has 0 aromatic heterocycles. The fourth-order valence-electron chi connectivity index (χ4n) is 3.06. The van der Waals surface area contributed by atoms with Crippen LogP contribution in [0.3, 0.4) is 0 Å². The SMILES string of the molecule is COC(=O)[C@@H](CC(C)C)NC(=O)C(CSCc1ccccc1)NC(=O)OCc1ccccc1. The van der Waals surface area contributed by atoms with Crippen molar-refractivity contribution in [2.75, 3.05) is 12.9 Å². The van der Waals surface area contributed by atoms with Crippen LogP contribution in [-0.2, 0) is 31.4 Å². The van der Waals surface area contributed by atoms with E-state index in [-0.39, 0.29) is 12.5 Å². The highest BCUT2D eigenvalue weighted by Gasteiger charge is 2.28. The molecule has 2 N–H and O–H groups in total. The molecule has 7 nitrogen and oxygen atoms in total. The quantitative estimate of drug-likeness (QED) is 0.455. The van der Waals surface area contributed by atoms with E-state index in [0.717, 1.165) is 11.1 Å². The second-order valence-corrected chi connectivity index (χ2v) is 9.00. The molecule has 178 valence electrons. The van der Waals surface area contributed by atoms with E-state index in [9.17, 15) is 14.4 Å². The molecule has 2 aromatic rings. The summed E-state index contributed by atoms with van der Waals surface area (Å²) in [5.41, 5.74) is 1.95. The van der Waals surface area contributed by atoms with Gasteiger partial charge in [0.1, 0.15) is 18.7 Å². The van der Waals surface area contributed by atoms with Crippen molar-refractivity contribution >= 4 is 29.7 Å². The Balaban J connectivity index is 2.01. The molecule has 2 atom stereocenters. The largest absolute Gasteiger partial charge is 0.467 e. The third kappa shape index (κ3) is 9.99. The Morgan fingerprint density at radius 3 is 2.06 bits per heavy atom. The maximum atomic E-state index is 13.0. The molecule has 2 aromatic carbocycles. The van der Waals surface area contributed by atoms with Gasteiger partial charge < -0.3 is 20.1 Å². The molecule has 0 aliphatic heterocycles. The van der Waals surface area contributed by atoms with Gasteiger partial charge in [-0.3, -0.25) is 4.79 Å². The molecule has 2 rings (SSSR count). The van der Waals surface area contributed by atoms with Gasteiger partial charge in [0.15, 0.2) is 0 Å².